The smallest absolute Gasteiger partial charge is 0.258 e. The Balaban J connectivity index is 1.69. The Morgan fingerprint density at radius 1 is 1.16 bits per heavy atom. The van der Waals surface area contributed by atoms with Gasteiger partial charge in [0.05, 0.1) is 17.5 Å². The van der Waals surface area contributed by atoms with E-state index in [1.807, 2.05) is 31.2 Å². The third-order valence-corrected chi connectivity index (χ3v) is 5.48. The quantitative estimate of drug-likeness (QED) is 0.563. The molecule has 0 atom stereocenters. The Labute approximate surface area is 179 Å². The molecule has 2 aromatic heterocycles. The number of anilines is 1. The van der Waals surface area contributed by atoms with E-state index in [2.05, 4.69) is 15.6 Å². The van der Waals surface area contributed by atoms with Crippen LogP contribution in [0.25, 0.3) is 22.3 Å². The molecular formula is C23H25N5O3. The molecule has 0 saturated heterocycles. The van der Waals surface area contributed by atoms with Crippen LogP contribution in [0.5, 0.6) is 0 Å². The minimum absolute atomic E-state index is 0.0356. The lowest BCUT2D eigenvalue weighted by Gasteiger charge is -2.15. The molecule has 2 heterocycles. The van der Waals surface area contributed by atoms with Crippen molar-refractivity contribution < 1.29 is 9.59 Å². The number of benzene rings is 1. The van der Waals surface area contributed by atoms with Crippen LogP contribution in [0.4, 0.5) is 5.82 Å². The molecule has 8 heteroatoms. The molecule has 0 aliphatic heterocycles. The van der Waals surface area contributed by atoms with E-state index in [0.717, 1.165) is 24.0 Å². The molecule has 1 aromatic carbocycles. The molecule has 0 bridgehead atoms. The first-order valence-corrected chi connectivity index (χ1v) is 10.4. The van der Waals surface area contributed by atoms with Crippen molar-refractivity contribution in [2.45, 2.75) is 38.8 Å². The van der Waals surface area contributed by atoms with Crippen LogP contribution in [0.3, 0.4) is 0 Å². The summed E-state index contributed by atoms with van der Waals surface area (Å²) in [5.74, 6) is -0.383. The van der Waals surface area contributed by atoms with Crippen molar-refractivity contribution in [2.24, 2.45) is 0 Å². The van der Waals surface area contributed by atoms with Crippen LogP contribution in [-0.4, -0.2) is 34.5 Å². The minimum Gasteiger partial charge on any atom is -0.384 e. The highest BCUT2D eigenvalue weighted by atomic mass is 16.2. The van der Waals surface area contributed by atoms with Crippen LogP contribution < -0.4 is 21.8 Å². The van der Waals surface area contributed by atoms with Crippen molar-refractivity contribution in [3.8, 4) is 11.3 Å². The largest absolute Gasteiger partial charge is 0.384 e. The Morgan fingerprint density at radius 3 is 2.48 bits per heavy atom. The number of aryl methyl sites for hydroxylation is 1. The molecule has 0 radical (unpaired) electrons. The molecule has 3 aromatic rings. The summed E-state index contributed by atoms with van der Waals surface area (Å²) >= 11 is 0. The average Bonchev–Trinajstić information content (AvgIpc) is 3.58. The zero-order chi connectivity index (χ0) is 22.1. The van der Waals surface area contributed by atoms with Crippen molar-refractivity contribution in [1.29, 1.82) is 0 Å². The summed E-state index contributed by atoms with van der Waals surface area (Å²) in [5.41, 5.74) is 8.54. The highest BCUT2D eigenvalue weighted by Gasteiger charge is 2.23. The number of aromatic nitrogens is 2. The SMILES string of the molecule is CCn1c(N)c(C(=O)NC)c(=O)c2ccc(-c3ccc(CC(=O)NC4CC4)cc3)nc21. The first-order valence-electron chi connectivity index (χ1n) is 10.4. The average molecular weight is 419 g/mol. The number of nitrogens with zero attached hydrogens (tertiary/aromatic N) is 2. The third-order valence-electron chi connectivity index (χ3n) is 5.48. The van der Waals surface area contributed by atoms with Gasteiger partial charge in [0, 0.05) is 25.2 Å². The molecule has 8 nitrogen and oxygen atoms in total. The Kier molecular flexibility index (Phi) is 5.46. The number of pyridine rings is 2. The number of nitrogens with one attached hydrogen (secondary N) is 2. The van der Waals surface area contributed by atoms with Crippen LogP contribution in [0, 0.1) is 0 Å². The highest BCUT2D eigenvalue weighted by Crippen LogP contribution is 2.23. The first kappa shape index (κ1) is 20.6. The van der Waals surface area contributed by atoms with Crippen molar-refractivity contribution in [1.82, 2.24) is 20.2 Å². The molecule has 1 saturated carbocycles. The van der Waals surface area contributed by atoms with Gasteiger partial charge in [-0.25, -0.2) is 4.98 Å². The summed E-state index contributed by atoms with van der Waals surface area (Å²) in [6.07, 6.45) is 2.47. The van der Waals surface area contributed by atoms with E-state index in [1.54, 1.807) is 16.7 Å². The van der Waals surface area contributed by atoms with Gasteiger partial charge in [0.25, 0.3) is 5.91 Å². The van der Waals surface area contributed by atoms with Crippen molar-refractivity contribution in [3.05, 3.63) is 57.7 Å². The van der Waals surface area contributed by atoms with Gasteiger partial charge in [-0.2, -0.15) is 0 Å². The lowest BCUT2D eigenvalue weighted by atomic mass is 10.1. The number of hydrogen-bond donors (Lipinski definition) is 3. The predicted octanol–water partition coefficient (Wildman–Crippen LogP) is 1.85. The Morgan fingerprint density at radius 2 is 1.87 bits per heavy atom. The fraction of sp³-hybridized carbons (Fsp3) is 0.304. The van der Waals surface area contributed by atoms with Gasteiger partial charge in [-0.1, -0.05) is 24.3 Å². The molecule has 31 heavy (non-hydrogen) atoms. The molecule has 2 amide bonds. The summed E-state index contributed by atoms with van der Waals surface area (Å²) < 4.78 is 1.67. The van der Waals surface area contributed by atoms with Gasteiger partial charge in [0.1, 0.15) is 17.0 Å². The molecule has 1 fully saturated rings. The number of rotatable bonds is 6. The van der Waals surface area contributed by atoms with E-state index < -0.39 is 11.3 Å². The molecule has 0 unspecified atom stereocenters. The number of nitrogen functional groups attached to an aromatic ring is 1. The van der Waals surface area contributed by atoms with Gasteiger partial charge < -0.3 is 20.9 Å². The van der Waals surface area contributed by atoms with Crippen LogP contribution in [0.2, 0.25) is 0 Å². The summed E-state index contributed by atoms with van der Waals surface area (Å²) in [4.78, 5) is 41.7. The zero-order valence-corrected chi connectivity index (χ0v) is 17.6. The van der Waals surface area contributed by atoms with Crippen LogP contribution in [0.1, 0.15) is 35.7 Å². The van der Waals surface area contributed by atoms with Gasteiger partial charge in [-0.3, -0.25) is 14.4 Å². The molecule has 1 aliphatic rings. The molecule has 4 N–H and O–H groups in total. The fourth-order valence-corrected chi connectivity index (χ4v) is 3.64. The van der Waals surface area contributed by atoms with Gasteiger partial charge in [-0.05, 0) is 37.5 Å². The fourth-order valence-electron chi connectivity index (χ4n) is 3.64. The number of amides is 2. The van der Waals surface area contributed by atoms with Crippen molar-refractivity contribution >= 4 is 28.7 Å². The summed E-state index contributed by atoms with van der Waals surface area (Å²) in [6, 6.07) is 11.4. The van der Waals surface area contributed by atoms with Crippen LogP contribution in [0.15, 0.2) is 41.2 Å². The van der Waals surface area contributed by atoms with Gasteiger partial charge in [0.2, 0.25) is 11.3 Å². The second kappa shape index (κ2) is 8.22. The lowest BCUT2D eigenvalue weighted by molar-refractivity contribution is -0.120. The Bertz CT molecular complexity index is 1230. The monoisotopic (exact) mass is 419 g/mol. The molecule has 160 valence electrons. The lowest BCUT2D eigenvalue weighted by Crippen LogP contribution is -2.30. The van der Waals surface area contributed by atoms with E-state index in [9.17, 15) is 14.4 Å². The maximum absolute atomic E-state index is 12.9. The number of hydrogen-bond acceptors (Lipinski definition) is 5. The zero-order valence-electron chi connectivity index (χ0n) is 17.6. The second-order valence-corrected chi connectivity index (χ2v) is 7.70. The third kappa shape index (κ3) is 4.01. The molecule has 0 spiro atoms. The second-order valence-electron chi connectivity index (χ2n) is 7.70. The molecular weight excluding hydrogens is 394 g/mol. The van der Waals surface area contributed by atoms with Crippen LogP contribution in [-0.2, 0) is 17.8 Å². The van der Waals surface area contributed by atoms with E-state index in [1.165, 1.54) is 7.05 Å². The topological polar surface area (TPSA) is 119 Å². The summed E-state index contributed by atoms with van der Waals surface area (Å²) in [7, 11) is 1.46. The Hall–Kier alpha value is -3.68. The van der Waals surface area contributed by atoms with E-state index >= 15 is 0 Å². The summed E-state index contributed by atoms with van der Waals surface area (Å²) in [6.45, 7) is 2.34. The number of fused-ring (bicyclic) bond motifs is 1. The van der Waals surface area contributed by atoms with Crippen molar-refractivity contribution in [2.75, 3.05) is 12.8 Å². The molecule has 4 rings (SSSR count). The first-order chi connectivity index (χ1) is 14.9. The highest BCUT2D eigenvalue weighted by molar-refractivity contribution is 6.01. The van der Waals surface area contributed by atoms with E-state index in [-0.39, 0.29) is 17.3 Å². The maximum atomic E-state index is 12.9. The van der Waals surface area contributed by atoms with Gasteiger partial charge in [0.15, 0.2) is 0 Å². The van der Waals surface area contributed by atoms with Gasteiger partial charge >= 0.3 is 0 Å². The molecule has 1 aliphatic carbocycles. The van der Waals surface area contributed by atoms with Crippen molar-refractivity contribution in [3.63, 3.8) is 0 Å². The number of carbonyl (C=O) groups is 2. The maximum Gasteiger partial charge on any atom is 0.258 e. The number of carbonyl (C=O) groups excluding carboxylic acids is 2. The normalized spacial score (nSPS) is 13.2. The van der Waals surface area contributed by atoms with E-state index in [0.29, 0.717) is 35.7 Å². The van der Waals surface area contributed by atoms with Gasteiger partial charge in [-0.15, -0.1) is 0 Å². The standard InChI is InChI=1S/C23H25N5O3/c1-3-28-21(24)19(23(31)25-2)20(30)16-10-11-17(27-22(16)28)14-6-4-13(5-7-14)12-18(29)26-15-8-9-15/h4-7,10-11,15H,3,8-9,12,24H2,1-2H3,(H,25,31)(H,26,29). The van der Waals surface area contributed by atoms with E-state index in [4.69, 9.17) is 5.73 Å². The number of nitrogens with two attached hydrogens (primary N) is 1. The van der Waals surface area contributed by atoms with Crippen LogP contribution >= 0.6 is 0 Å². The predicted molar refractivity (Wildman–Crippen MR) is 120 cm³/mol. The summed E-state index contributed by atoms with van der Waals surface area (Å²) in [5, 5.41) is 5.79. The minimum atomic E-state index is -0.517.